The first-order valence-corrected chi connectivity index (χ1v) is 8.60. The van der Waals surface area contributed by atoms with Crippen LogP contribution in [0.25, 0.3) is 10.2 Å². The largest absolute Gasteiger partial charge is 0.396 e. The van der Waals surface area contributed by atoms with Crippen molar-refractivity contribution >= 4 is 27.5 Å². The normalized spacial score (nSPS) is 12.0. The lowest BCUT2D eigenvalue weighted by Gasteiger charge is -2.31. The predicted molar refractivity (Wildman–Crippen MR) is 90.4 cm³/mol. The van der Waals surface area contributed by atoms with Crippen molar-refractivity contribution in [2.45, 2.75) is 40.0 Å². The Morgan fingerprint density at radius 3 is 2.68 bits per heavy atom. The van der Waals surface area contributed by atoms with Crippen molar-refractivity contribution < 1.29 is 9.90 Å². The molecule has 2 aromatic rings. The maximum Gasteiger partial charge on any atom is 0.261 e. The van der Waals surface area contributed by atoms with Gasteiger partial charge in [-0.05, 0) is 37.7 Å². The monoisotopic (exact) mass is 323 g/mol. The summed E-state index contributed by atoms with van der Waals surface area (Å²) in [6.45, 7) is 6.94. The van der Waals surface area contributed by atoms with E-state index in [2.05, 4.69) is 24.3 Å². The summed E-state index contributed by atoms with van der Waals surface area (Å²) < 4.78 is 1.82. The predicted octanol–water partition coefficient (Wildman–Crippen LogP) is 2.86. The first-order chi connectivity index (χ1) is 10.5. The van der Waals surface area contributed by atoms with Crippen LogP contribution < -0.4 is 5.32 Å². The Balaban J connectivity index is 2.12. The zero-order valence-electron chi connectivity index (χ0n) is 13.8. The maximum atomic E-state index is 12.4. The minimum absolute atomic E-state index is 0.0153. The van der Waals surface area contributed by atoms with Crippen molar-refractivity contribution in [2.24, 2.45) is 12.5 Å². The van der Waals surface area contributed by atoms with Gasteiger partial charge in [0.1, 0.15) is 4.83 Å². The molecule has 0 bridgehead atoms. The number of fused-ring (bicyclic) bond motifs is 1. The zero-order chi connectivity index (χ0) is 16.3. The summed E-state index contributed by atoms with van der Waals surface area (Å²) >= 11 is 1.47. The van der Waals surface area contributed by atoms with Crippen molar-refractivity contribution in [3.63, 3.8) is 0 Å². The molecule has 0 aromatic carbocycles. The van der Waals surface area contributed by atoms with Gasteiger partial charge in [0.05, 0.1) is 10.6 Å². The Morgan fingerprint density at radius 1 is 1.45 bits per heavy atom. The van der Waals surface area contributed by atoms with E-state index in [9.17, 15) is 9.90 Å². The lowest BCUT2D eigenvalue weighted by atomic mass is 9.79. The fourth-order valence-corrected chi connectivity index (χ4v) is 3.89. The summed E-state index contributed by atoms with van der Waals surface area (Å²) in [5.41, 5.74) is 0.933. The van der Waals surface area contributed by atoms with E-state index in [-0.39, 0.29) is 17.9 Å². The number of amides is 1. The molecule has 0 saturated carbocycles. The average Bonchev–Trinajstić information content (AvgIpc) is 3.06. The molecule has 122 valence electrons. The molecule has 0 unspecified atom stereocenters. The zero-order valence-corrected chi connectivity index (χ0v) is 14.6. The van der Waals surface area contributed by atoms with E-state index in [4.69, 9.17) is 0 Å². The molecule has 0 aliphatic carbocycles. The highest BCUT2D eigenvalue weighted by Gasteiger charge is 2.26. The van der Waals surface area contributed by atoms with Gasteiger partial charge in [0, 0.05) is 25.6 Å². The van der Waals surface area contributed by atoms with Crippen molar-refractivity contribution in [2.75, 3.05) is 13.2 Å². The summed E-state index contributed by atoms with van der Waals surface area (Å²) in [7, 11) is 1.90. The molecule has 5 nitrogen and oxygen atoms in total. The number of aromatic nitrogens is 2. The van der Waals surface area contributed by atoms with Gasteiger partial charge in [0.15, 0.2) is 0 Å². The number of thiophene rings is 1. The molecule has 1 amide bonds. The lowest BCUT2D eigenvalue weighted by molar-refractivity contribution is 0.0911. The third-order valence-corrected chi connectivity index (χ3v) is 5.89. The van der Waals surface area contributed by atoms with Crippen LogP contribution in [0.15, 0.2) is 6.07 Å². The second-order valence-electron chi connectivity index (χ2n) is 5.90. The standard InChI is InChI=1S/C16H25N3O2S/c1-5-16(6-2,7-8-20)10-17-14(21)13-9-12-11(3)18-19(4)15(12)22-13/h9,20H,5-8,10H2,1-4H3,(H,17,21). The number of rotatable bonds is 7. The Labute approximate surface area is 135 Å². The number of aliphatic hydroxyl groups excluding tert-OH is 1. The molecule has 0 spiro atoms. The van der Waals surface area contributed by atoms with E-state index in [1.54, 1.807) is 0 Å². The van der Waals surface area contributed by atoms with E-state index < -0.39 is 0 Å². The molecule has 6 heteroatoms. The van der Waals surface area contributed by atoms with Crippen molar-refractivity contribution in [1.29, 1.82) is 0 Å². The number of aliphatic hydroxyl groups is 1. The molecule has 0 aliphatic heterocycles. The molecule has 2 heterocycles. The number of hydrogen-bond donors (Lipinski definition) is 2. The fourth-order valence-electron chi connectivity index (χ4n) is 2.85. The molecule has 0 atom stereocenters. The maximum absolute atomic E-state index is 12.4. The highest BCUT2D eigenvalue weighted by Crippen LogP contribution is 2.30. The Bertz CT molecular complexity index is 621. The number of nitrogens with one attached hydrogen (secondary N) is 1. The van der Waals surface area contributed by atoms with Crippen LogP contribution in [0.1, 0.15) is 48.5 Å². The highest BCUT2D eigenvalue weighted by molar-refractivity contribution is 7.20. The van der Waals surface area contributed by atoms with Crippen LogP contribution in [-0.2, 0) is 7.05 Å². The van der Waals surface area contributed by atoms with E-state index >= 15 is 0 Å². The Hall–Kier alpha value is -1.40. The van der Waals surface area contributed by atoms with Gasteiger partial charge in [0.25, 0.3) is 5.91 Å². The third kappa shape index (κ3) is 3.17. The van der Waals surface area contributed by atoms with Crippen LogP contribution in [0.4, 0.5) is 0 Å². The summed E-state index contributed by atoms with van der Waals surface area (Å²) in [5.74, 6) is -0.0372. The van der Waals surface area contributed by atoms with Crippen molar-refractivity contribution in [3.8, 4) is 0 Å². The van der Waals surface area contributed by atoms with Gasteiger partial charge in [0.2, 0.25) is 0 Å². The molecule has 0 fully saturated rings. The SMILES string of the molecule is CCC(CC)(CCO)CNC(=O)c1cc2c(C)nn(C)c2s1. The minimum Gasteiger partial charge on any atom is -0.396 e. The van der Waals surface area contributed by atoms with Crippen molar-refractivity contribution in [1.82, 2.24) is 15.1 Å². The quantitative estimate of drug-likeness (QED) is 0.823. The summed E-state index contributed by atoms with van der Waals surface area (Å²) in [6, 6.07) is 1.92. The molecule has 0 aliphatic rings. The van der Waals surface area contributed by atoms with Gasteiger partial charge >= 0.3 is 0 Å². The van der Waals surface area contributed by atoms with Crippen LogP contribution >= 0.6 is 11.3 Å². The molecule has 2 N–H and O–H groups in total. The first-order valence-electron chi connectivity index (χ1n) is 7.78. The van der Waals surface area contributed by atoms with Crippen LogP contribution in [0.5, 0.6) is 0 Å². The third-order valence-electron chi connectivity index (χ3n) is 4.69. The molecule has 2 aromatic heterocycles. The molecule has 22 heavy (non-hydrogen) atoms. The van der Waals surface area contributed by atoms with Crippen LogP contribution in [0.2, 0.25) is 0 Å². The van der Waals surface area contributed by atoms with E-state index in [1.807, 2.05) is 24.7 Å². The van der Waals surface area contributed by atoms with Crippen molar-refractivity contribution in [3.05, 3.63) is 16.6 Å². The van der Waals surface area contributed by atoms with Crippen LogP contribution in [0, 0.1) is 12.3 Å². The van der Waals surface area contributed by atoms with Crippen LogP contribution in [0.3, 0.4) is 0 Å². The number of aryl methyl sites for hydroxylation is 2. The Kier molecular flexibility index (Phi) is 5.24. The molecule has 0 saturated heterocycles. The molecule has 0 radical (unpaired) electrons. The molecular weight excluding hydrogens is 298 g/mol. The number of hydrogen-bond acceptors (Lipinski definition) is 4. The number of nitrogens with zero attached hydrogens (tertiary/aromatic N) is 2. The summed E-state index contributed by atoms with van der Waals surface area (Å²) in [5, 5.41) is 17.7. The van der Waals surface area contributed by atoms with Gasteiger partial charge < -0.3 is 10.4 Å². The second-order valence-corrected chi connectivity index (χ2v) is 6.93. The fraction of sp³-hybridized carbons (Fsp3) is 0.625. The van der Waals surface area contributed by atoms with Gasteiger partial charge in [-0.2, -0.15) is 5.10 Å². The van der Waals surface area contributed by atoms with Gasteiger partial charge in [-0.25, -0.2) is 0 Å². The van der Waals surface area contributed by atoms with Crippen LogP contribution in [-0.4, -0.2) is 33.9 Å². The summed E-state index contributed by atoms with van der Waals surface area (Å²) in [4.78, 5) is 14.2. The number of carbonyl (C=O) groups is 1. The second kappa shape index (κ2) is 6.79. The topological polar surface area (TPSA) is 67.2 Å². The lowest BCUT2D eigenvalue weighted by Crippen LogP contribution is -2.37. The highest BCUT2D eigenvalue weighted by atomic mass is 32.1. The summed E-state index contributed by atoms with van der Waals surface area (Å²) in [6.07, 6.45) is 2.61. The van der Waals surface area contributed by atoms with Gasteiger partial charge in [-0.1, -0.05) is 13.8 Å². The van der Waals surface area contributed by atoms with E-state index in [0.29, 0.717) is 6.54 Å². The average molecular weight is 323 g/mol. The smallest absolute Gasteiger partial charge is 0.261 e. The van der Waals surface area contributed by atoms with Gasteiger partial charge in [-0.15, -0.1) is 11.3 Å². The van der Waals surface area contributed by atoms with Gasteiger partial charge in [-0.3, -0.25) is 9.48 Å². The molecular formula is C16H25N3O2S. The van der Waals surface area contributed by atoms with E-state index in [1.165, 1.54) is 11.3 Å². The molecule has 2 rings (SSSR count). The minimum atomic E-state index is -0.0372. The Morgan fingerprint density at radius 2 is 2.14 bits per heavy atom. The first kappa shape index (κ1) is 17.0. The number of carbonyl (C=O) groups excluding carboxylic acids is 1. The van der Waals surface area contributed by atoms with E-state index in [0.717, 1.165) is 40.1 Å².